The predicted molar refractivity (Wildman–Crippen MR) is 69.2 cm³/mol. The molecule has 0 aromatic heterocycles. The molecule has 1 aromatic rings. The minimum atomic E-state index is -0.440. The Hall–Kier alpha value is -2.04. The quantitative estimate of drug-likeness (QED) is 0.644. The molecule has 1 aromatic carbocycles. The second-order valence-electron chi connectivity index (χ2n) is 3.97. The summed E-state index contributed by atoms with van der Waals surface area (Å²) < 4.78 is 4.55. The molecule has 0 fully saturated rings. The van der Waals surface area contributed by atoms with Crippen LogP contribution in [0.2, 0.25) is 0 Å². The summed E-state index contributed by atoms with van der Waals surface area (Å²) in [7, 11) is 1.30. The average Bonchev–Trinajstić information content (AvgIpc) is 2.38. The molecule has 0 aliphatic heterocycles. The van der Waals surface area contributed by atoms with E-state index in [1.54, 1.807) is 25.1 Å². The Labute approximate surface area is 107 Å². The summed E-state index contributed by atoms with van der Waals surface area (Å²) in [6.45, 7) is 4.05. The number of carbonyl (C=O) groups is 2. The minimum absolute atomic E-state index is 0.0559. The molecule has 5 nitrogen and oxygen atoms in total. The van der Waals surface area contributed by atoms with Gasteiger partial charge in [0.25, 0.3) is 5.91 Å². The van der Waals surface area contributed by atoms with Crippen LogP contribution in [0.4, 0.5) is 5.69 Å². The highest BCUT2D eigenvalue weighted by Crippen LogP contribution is 2.14. The van der Waals surface area contributed by atoms with Crippen molar-refractivity contribution in [1.82, 2.24) is 4.90 Å². The number of esters is 1. The van der Waals surface area contributed by atoms with Gasteiger partial charge in [0, 0.05) is 17.8 Å². The van der Waals surface area contributed by atoms with Crippen molar-refractivity contribution in [3.63, 3.8) is 0 Å². The molecule has 0 heterocycles. The van der Waals surface area contributed by atoms with Gasteiger partial charge in [-0.2, -0.15) is 0 Å². The topological polar surface area (TPSA) is 72.6 Å². The van der Waals surface area contributed by atoms with Crippen LogP contribution < -0.4 is 5.73 Å². The van der Waals surface area contributed by atoms with Crippen molar-refractivity contribution in [1.29, 1.82) is 0 Å². The number of rotatable bonds is 4. The Morgan fingerprint density at radius 2 is 2.06 bits per heavy atom. The maximum absolute atomic E-state index is 12.2. The first-order valence-corrected chi connectivity index (χ1v) is 5.71. The second-order valence-corrected chi connectivity index (χ2v) is 3.97. The van der Waals surface area contributed by atoms with E-state index in [1.807, 2.05) is 6.92 Å². The first-order chi connectivity index (χ1) is 8.49. The van der Waals surface area contributed by atoms with Gasteiger partial charge in [-0.25, -0.2) is 0 Å². The zero-order valence-electron chi connectivity index (χ0n) is 10.9. The lowest BCUT2D eigenvalue weighted by Crippen LogP contribution is -2.36. The van der Waals surface area contributed by atoms with E-state index < -0.39 is 5.97 Å². The lowest BCUT2D eigenvalue weighted by molar-refractivity contribution is -0.141. The van der Waals surface area contributed by atoms with Crippen LogP contribution in [-0.4, -0.2) is 37.0 Å². The van der Waals surface area contributed by atoms with E-state index in [-0.39, 0.29) is 12.5 Å². The SMILES string of the molecule is CCN(CC(=O)OC)C(=O)c1ccc(C)c(N)c1. The van der Waals surface area contributed by atoms with E-state index in [0.717, 1.165) is 5.56 Å². The third-order valence-corrected chi connectivity index (χ3v) is 2.74. The largest absolute Gasteiger partial charge is 0.468 e. The molecule has 0 atom stereocenters. The van der Waals surface area contributed by atoms with Crippen LogP contribution in [-0.2, 0) is 9.53 Å². The molecule has 98 valence electrons. The number of methoxy groups -OCH3 is 1. The van der Waals surface area contributed by atoms with Crippen molar-refractivity contribution in [3.8, 4) is 0 Å². The highest BCUT2D eigenvalue weighted by atomic mass is 16.5. The van der Waals surface area contributed by atoms with Crippen LogP contribution in [0.15, 0.2) is 18.2 Å². The number of amides is 1. The summed E-state index contributed by atoms with van der Waals surface area (Å²) >= 11 is 0. The highest BCUT2D eigenvalue weighted by molar-refractivity contribution is 5.96. The van der Waals surface area contributed by atoms with Crippen molar-refractivity contribution < 1.29 is 14.3 Å². The molecular weight excluding hydrogens is 232 g/mol. The first kappa shape index (κ1) is 14.0. The summed E-state index contributed by atoms with van der Waals surface area (Å²) in [6, 6.07) is 5.11. The number of ether oxygens (including phenoxy) is 1. The molecule has 0 saturated heterocycles. The van der Waals surface area contributed by atoms with Crippen LogP contribution in [0.25, 0.3) is 0 Å². The summed E-state index contributed by atoms with van der Waals surface area (Å²) in [4.78, 5) is 24.8. The maximum Gasteiger partial charge on any atom is 0.325 e. The molecule has 18 heavy (non-hydrogen) atoms. The fourth-order valence-electron chi connectivity index (χ4n) is 1.50. The average molecular weight is 250 g/mol. The molecule has 0 aliphatic rings. The van der Waals surface area contributed by atoms with Gasteiger partial charge in [-0.05, 0) is 31.5 Å². The van der Waals surface area contributed by atoms with Gasteiger partial charge in [0.2, 0.25) is 0 Å². The monoisotopic (exact) mass is 250 g/mol. The van der Waals surface area contributed by atoms with Gasteiger partial charge in [-0.15, -0.1) is 0 Å². The molecule has 2 N–H and O–H groups in total. The standard InChI is InChI=1S/C13H18N2O3/c1-4-15(8-12(16)18-3)13(17)10-6-5-9(2)11(14)7-10/h5-7H,4,8,14H2,1-3H3. The molecular formula is C13H18N2O3. The van der Waals surface area contributed by atoms with Crippen LogP contribution in [0.3, 0.4) is 0 Å². The molecule has 0 unspecified atom stereocenters. The van der Waals surface area contributed by atoms with Crippen molar-refractivity contribution in [2.75, 3.05) is 25.9 Å². The van der Waals surface area contributed by atoms with Crippen LogP contribution in [0.1, 0.15) is 22.8 Å². The van der Waals surface area contributed by atoms with Crippen molar-refractivity contribution >= 4 is 17.6 Å². The maximum atomic E-state index is 12.2. The lowest BCUT2D eigenvalue weighted by Gasteiger charge is -2.19. The van der Waals surface area contributed by atoms with Gasteiger partial charge in [0.1, 0.15) is 6.54 Å². The van der Waals surface area contributed by atoms with E-state index in [0.29, 0.717) is 17.8 Å². The Bertz CT molecular complexity index is 458. The number of aryl methyl sites for hydroxylation is 1. The minimum Gasteiger partial charge on any atom is -0.468 e. The summed E-state index contributed by atoms with van der Waals surface area (Å²) in [5.74, 6) is -0.667. The Balaban J connectivity index is 2.89. The van der Waals surface area contributed by atoms with Crippen LogP contribution >= 0.6 is 0 Å². The molecule has 0 saturated carbocycles. The number of benzene rings is 1. The molecule has 1 amide bonds. The Morgan fingerprint density at radius 1 is 1.39 bits per heavy atom. The Morgan fingerprint density at radius 3 is 2.56 bits per heavy atom. The van der Waals surface area contributed by atoms with Crippen molar-refractivity contribution in [2.45, 2.75) is 13.8 Å². The molecule has 5 heteroatoms. The van der Waals surface area contributed by atoms with E-state index in [1.165, 1.54) is 12.0 Å². The number of nitrogen functional groups attached to an aromatic ring is 1. The summed E-state index contributed by atoms with van der Waals surface area (Å²) in [5, 5.41) is 0. The number of nitrogens with zero attached hydrogens (tertiary/aromatic N) is 1. The lowest BCUT2D eigenvalue weighted by atomic mass is 10.1. The fraction of sp³-hybridized carbons (Fsp3) is 0.385. The number of hydrogen-bond donors (Lipinski definition) is 1. The predicted octanol–water partition coefficient (Wildman–Crippen LogP) is 1.21. The summed E-state index contributed by atoms with van der Waals surface area (Å²) in [5.41, 5.74) is 7.72. The van der Waals surface area contributed by atoms with Gasteiger partial charge in [-0.1, -0.05) is 6.07 Å². The van der Waals surface area contributed by atoms with Crippen LogP contribution in [0.5, 0.6) is 0 Å². The van der Waals surface area contributed by atoms with Gasteiger partial charge in [0.05, 0.1) is 7.11 Å². The number of hydrogen-bond acceptors (Lipinski definition) is 4. The molecule has 1 rings (SSSR count). The van der Waals surface area contributed by atoms with Crippen molar-refractivity contribution in [3.05, 3.63) is 29.3 Å². The normalized spacial score (nSPS) is 9.94. The Kier molecular flexibility index (Phi) is 4.71. The zero-order valence-corrected chi connectivity index (χ0v) is 10.9. The second kappa shape index (κ2) is 6.05. The fourth-order valence-corrected chi connectivity index (χ4v) is 1.50. The smallest absolute Gasteiger partial charge is 0.325 e. The number of anilines is 1. The van der Waals surface area contributed by atoms with Gasteiger partial charge in [-0.3, -0.25) is 9.59 Å². The number of carbonyl (C=O) groups excluding carboxylic acids is 2. The third-order valence-electron chi connectivity index (χ3n) is 2.74. The van der Waals surface area contributed by atoms with E-state index in [4.69, 9.17) is 5.73 Å². The van der Waals surface area contributed by atoms with E-state index in [9.17, 15) is 9.59 Å². The number of nitrogens with two attached hydrogens (primary N) is 1. The van der Waals surface area contributed by atoms with Gasteiger partial charge < -0.3 is 15.4 Å². The zero-order chi connectivity index (χ0) is 13.7. The third kappa shape index (κ3) is 3.23. The molecule has 0 radical (unpaired) electrons. The number of likely N-dealkylation sites (N-methyl/N-ethyl adjacent to an activating group) is 1. The highest BCUT2D eigenvalue weighted by Gasteiger charge is 2.17. The van der Waals surface area contributed by atoms with E-state index in [2.05, 4.69) is 4.74 Å². The molecule has 0 aliphatic carbocycles. The first-order valence-electron chi connectivity index (χ1n) is 5.71. The molecule has 0 spiro atoms. The van der Waals surface area contributed by atoms with Crippen molar-refractivity contribution in [2.24, 2.45) is 0 Å². The molecule has 0 bridgehead atoms. The van der Waals surface area contributed by atoms with Gasteiger partial charge >= 0.3 is 5.97 Å². The summed E-state index contributed by atoms with van der Waals surface area (Å²) in [6.07, 6.45) is 0. The van der Waals surface area contributed by atoms with E-state index >= 15 is 0 Å². The van der Waals surface area contributed by atoms with Crippen LogP contribution in [0, 0.1) is 6.92 Å². The van der Waals surface area contributed by atoms with Gasteiger partial charge in [0.15, 0.2) is 0 Å².